The summed E-state index contributed by atoms with van der Waals surface area (Å²) in [6, 6.07) is 7.68. The normalized spacial score (nSPS) is 11.8. The molecule has 0 saturated carbocycles. The molecule has 0 aliphatic heterocycles. The van der Waals surface area contributed by atoms with Crippen LogP contribution >= 0.6 is 23.1 Å². The molecular formula is C12H9F3OS2. The van der Waals surface area contributed by atoms with Gasteiger partial charge in [0, 0.05) is 4.90 Å². The van der Waals surface area contributed by atoms with Crippen molar-refractivity contribution in [2.45, 2.75) is 21.9 Å². The van der Waals surface area contributed by atoms with E-state index in [2.05, 4.69) is 0 Å². The molecule has 2 rings (SSSR count). The monoisotopic (exact) mass is 290 g/mol. The molecule has 0 fully saturated rings. The van der Waals surface area contributed by atoms with Crippen molar-refractivity contribution < 1.29 is 18.3 Å². The third kappa shape index (κ3) is 3.07. The van der Waals surface area contributed by atoms with Gasteiger partial charge in [0.1, 0.15) is 0 Å². The number of halogens is 3. The van der Waals surface area contributed by atoms with Gasteiger partial charge in [0.2, 0.25) is 0 Å². The fraction of sp³-hybridized carbons (Fsp3) is 0.167. The Kier molecular flexibility index (Phi) is 3.99. The second-order valence-electron chi connectivity index (χ2n) is 3.51. The minimum absolute atomic E-state index is 0.0990. The Morgan fingerprint density at radius 1 is 1.22 bits per heavy atom. The molecule has 1 N–H and O–H groups in total. The van der Waals surface area contributed by atoms with Crippen molar-refractivity contribution in [2.24, 2.45) is 0 Å². The molecule has 0 radical (unpaired) electrons. The van der Waals surface area contributed by atoms with Gasteiger partial charge in [-0.05, 0) is 29.1 Å². The summed E-state index contributed by atoms with van der Waals surface area (Å²) in [7, 11) is 0. The molecule has 0 atom stereocenters. The smallest absolute Gasteiger partial charge is 0.392 e. The molecule has 96 valence electrons. The number of alkyl halides is 3. The van der Waals surface area contributed by atoms with Gasteiger partial charge < -0.3 is 5.11 Å². The summed E-state index contributed by atoms with van der Waals surface area (Å²) in [6.07, 6.45) is -4.44. The van der Waals surface area contributed by atoms with E-state index in [9.17, 15) is 13.2 Å². The Labute approximate surface area is 110 Å². The molecule has 0 saturated heterocycles. The van der Waals surface area contributed by atoms with Crippen LogP contribution in [0.3, 0.4) is 0 Å². The average molecular weight is 290 g/mol. The molecule has 0 aliphatic rings. The van der Waals surface area contributed by atoms with Crippen molar-refractivity contribution in [3.63, 3.8) is 0 Å². The van der Waals surface area contributed by atoms with E-state index >= 15 is 0 Å². The number of rotatable bonds is 3. The van der Waals surface area contributed by atoms with Gasteiger partial charge >= 0.3 is 6.18 Å². The minimum atomic E-state index is -4.44. The Morgan fingerprint density at radius 3 is 2.56 bits per heavy atom. The lowest BCUT2D eigenvalue weighted by Gasteiger charge is -2.12. The molecule has 1 heterocycles. The fourth-order valence-corrected chi connectivity index (χ4v) is 3.25. The van der Waals surface area contributed by atoms with Gasteiger partial charge in [0.05, 0.1) is 16.4 Å². The molecule has 0 bridgehead atoms. The second kappa shape index (κ2) is 5.34. The first-order chi connectivity index (χ1) is 8.50. The van der Waals surface area contributed by atoms with Crippen molar-refractivity contribution in [3.8, 4) is 0 Å². The van der Waals surface area contributed by atoms with E-state index in [1.54, 1.807) is 6.07 Å². The maximum absolute atomic E-state index is 12.8. The van der Waals surface area contributed by atoms with E-state index in [1.165, 1.54) is 29.2 Å². The first-order valence-corrected chi connectivity index (χ1v) is 6.72. The van der Waals surface area contributed by atoms with E-state index in [-0.39, 0.29) is 5.56 Å². The Balaban J connectivity index is 2.34. The SMILES string of the molecule is OCc1ccc(Sc2cccs2)cc1C(F)(F)F. The van der Waals surface area contributed by atoms with Crippen LogP contribution in [0, 0.1) is 0 Å². The van der Waals surface area contributed by atoms with E-state index in [1.807, 2.05) is 17.5 Å². The van der Waals surface area contributed by atoms with E-state index in [0.717, 1.165) is 10.3 Å². The van der Waals surface area contributed by atoms with Crippen LogP contribution in [0.2, 0.25) is 0 Å². The predicted octanol–water partition coefficient (Wildman–Crippen LogP) is 4.41. The molecule has 6 heteroatoms. The topological polar surface area (TPSA) is 20.2 Å². The van der Waals surface area contributed by atoms with E-state index in [0.29, 0.717) is 4.90 Å². The van der Waals surface area contributed by atoms with Crippen molar-refractivity contribution in [3.05, 3.63) is 46.8 Å². The minimum Gasteiger partial charge on any atom is -0.392 e. The molecular weight excluding hydrogens is 281 g/mol. The maximum atomic E-state index is 12.8. The van der Waals surface area contributed by atoms with Crippen molar-refractivity contribution in [1.82, 2.24) is 0 Å². The lowest BCUT2D eigenvalue weighted by atomic mass is 10.1. The van der Waals surface area contributed by atoms with E-state index in [4.69, 9.17) is 5.11 Å². The van der Waals surface area contributed by atoms with Crippen molar-refractivity contribution in [1.29, 1.82) is 0 Å². The van der Waals surface area contributed by atoms with Crippen LogP contribution in [0.15, 0.2) is 44.8 Å². The highest BCUT2D eigenvalue weighted by atomic mass is 32.2. The number of thiophene rings is 1. The van der Waals surface area contributed by atoms with Gasteiger partial charge in [0.25, 0.3) is 0 Å². The molecule has 0 aliphatic carbocycles. The van der Waals surface area contributed by atoms with Gasteiger partial charge in [-0.3, -0.25) is 0 Å². The second-order valence-corrected chi connectivity index (χ2v) is 5.83. The molecule has 18 heavy (non-hydrogen) atoms. The zero-order chi connectivity index (χ0) is 13.2. The highest BCUT2D eigenvalue weighted by Gasteiger charge is 2.33. The van der Waals surface area contributed by atoms with Crippen molar-refractivity contribution >= 4 is 23.1 Å². The lowest BCUT2D eigenvalue weighted by Crippen LogP contribution is -2.09. The van der Waals surface area contributed by atoms with Gasteiger partial charge in [-0.1, -0.05) is 23.9 Å². The number of hydrogen-bond acceptors (Lipinski definition) is 3. The average Bonchev–Trinajstić information content (AvgIpc) is 2.80. The number of aliphatic hydroxyl groups excluding tert-OH is 1. The van der Waals surface area contributed by atoms with Crippen LogP contribution in [-0.4, -0.2) is 5.11 Å². The summed E-state index contributed by atoms with van der Waals surface area (Å²) in [5.74, 6) is 0. The zero-order valence-electron chi connectivity index (χ0n) is 9.07. The molecule has 0 spiro atoms. The number of benzene rings is 1. The summed E-state index contributed by atoms with van der Waals surface area (Å²) in [5.41, 5.74) is -0.871. The van der Waals surface area contributed by atoms with Crippen LogP contribution in [0.25, 0.3) is 0 Å². The fourth-order valence-electron chi connectivity index (χ4n) is 1.46. The Bertz CT molecular complexity index is 521. The lowest BCUT2D eigenvalue weighted by molar-refractivity contribution is -0.138. The number of aliphatic hydroxyl groups is 1. The zero-order valence-corrected chi connectivity index (χ0v) is 10.7. The highest BCUT2D eigenvalue weighted by molar-refractivity contribution is 8.01. The quantitative estimate of drug-likeness (QED) is 0.903. The first-order valence-electron chi connectivity index (χ1n) is 5.03. The molecule has 1 nitrogen and oxygen atoms in total. The standard InChI is InChI=1S/C12H9F3OS2/c13-12(14,15)10-6-9(4-3-8(10)7-16)18-11-2-1-5-17-11/h1-6,16H,7H2. The summed E-state index contributed by atoms with van der Waals surface area (Å²) in [6.45, 7) is -0.612. The first kappa shape index (κ1) is 13.5. The summed E-state index contributed by atoms with van der Waals surface area (Å²) in [5, 5.41) is 10.8. The largest absolute Gasteiger partial charge is 0.416 e. The van der Waals surface area contributed by atoms with Gasteiger partial charge in [-0.2, -0.15) is 13.2 Å². The van der Waals surface area contributed by atoms with Crippen LogP contribution in [0.1, 0.15) is 11.1 Å². The maximum Gasteiger partial charge on any atom is 0.416 e. The van der Waals surface area contributed by atoms with Gasteiger partial charge in [0.15, 0.2) is 0 Å². The number of hydrogen-bond donors (Lipinski definition) is 1. The Hall–Kier alpha value is -0.980. The summed E-state index contributed by atoms with van der Waals surface area (Å²) >= 11 is 2.75. The van der Waals surface area contributed by atoms with Crippen molar-refractivity contribution in [2.75, 3.05) is 0 Å². The van der Waals surface area contributed by atoms with Crippen LogP contribution in [0.5, 0.6) is 0 Å². The third-order valence-electron chi connectivity index (χ3n) is 2.27. The van der Waals surface area contributed by atoms with E-state index < -0.39 is 18.3 Å². The van der Waals surface area contributed by atoms with Gasteiger partial charge in [-0.15, -0.1) is 11.3 Å². The van der Waals surface area contributed by atoms with Crippen LogP contribution in [-0.2, 0) is 12.8 Å². The molecule has 2 aromatic rings. The summed E-state index contributed by atoms with van der Waals surface area (Å²) < 4.78 is 39.3. The molecule has 0 amide bonds. The van der Waals surface area contributed by atoms with Crippen LogP contribution in [0.4, 0.5) is 13.2 Å². The molecule has 0 unspecified atom stereocenters. The summed E-state index contributed by atoms with van der Waals surface area (Å²) in [4.78, 5) is 0.516. The molecule has 1 aromatic heterocycles. The highest BCUT2D eigenvalue weighted by Crippen LogP contribution is 2.37. The van der Waals surface area contributed by atoms with Crippen LogP contribution < -0.4 is 0 Å². The predicted molar refractivity (Wildman–Crippen MR) is 65.8 cm³/mol. The Morgan fingerprint density at radius 2 is 2.00 bits per heavy atom. The van der Waals surface area contributed by atoms with Gasteiger partial charge in [-0.25, -0.2) is 0 Å². The molecule has 1 aromatic carbocycles. The third-order valence-corrected chi connectivity index (χ3v) is 4.30.